The van der Waals surface area contributed by atoms with Crippen molar-refractivity contribution in [2.24, 2.45) is 0 Å². The van der Waals surface area contributed by atoms with E-state index in [1.54, 1.807) is 64.1 Å². The summed E-state index contributed by atoms with van der Waals surface area (Å²) < 4.78 is 15.6. The van der Waals surface area contributed by atoms with Gasteiger partial charge in [-0.25, -0.2) is 9.59 Å². The minimum absolute atomic E-state index is 0.171. The number of nitrogens with one attached hydrogen (secondary N) is 2. The Morgan fingerprint density at radius 1 is 1.13 bits per heavy atom. The molecular formula is C22H23N3O6. The van der Waals surface area contributed by atoms with E-state index < -0.39 is 23.9 Å². The Hall–Kier alpha value is -3.88. The van der Waals surface area contributed by atoms with E-state index in [9.17, 15) is 14.4 Å². The first kappa shape index (κ1) is 21.8. The number of aromatic nitrogens is 2. The van der Waals surface area contributed by atoms with E-state index in [2.05, 4.69) is 15.5 Å². The number of hydrogen-bond donors (Lipinski definition) is 2. The molecule has 1 amide bonds. The molecule has 31 heavy (non-hydrogen) atoms. The molecule has 0 fully saturated rings. The monoisotopic (exact) mass is 425 g/mol. The Kier molecular flexibility index (Phi) is 6.54. The summed E-state index contributed by atoms with van der Waals surface area (Å²) in [7, 11) is 0. The topological polar surface area (TPSA) is 124 Å². The lowest BCUT2D eigenvalue weighted by Crippen LogP contribution is -2.26. The zero-order valence-electron chi connectivity index (χ0n) is 17.6. The van der Waals surface area contributed by atoms with Crippen LogP contribution in [0.4, 0.5) is 5.82 Å². The number of esters is 2. The van der Waals surface area contributed by atoms with Crippen LogP contribution < -0.4 is 5.32 Å². The first-order chi connectivity index (χ1) is 14.8. The van der Waals surface area contributed by atoms with Gasteiger partial charge in [0.1, 0.15) is 11.5 Å². The van der Waals surface area contributed by atoms with Crippen molar-refractivity contribution in [3.63, 3.8) is 0 Å². The lowest BCUT2D eigenvalue weighted by molar-refractivity contribution is -0.125. The van der Waals surface area contributed by atoms with Gasteiger partial charge < -0.3 is 24.3 Å². The highest BCUT2D eigenvalue weighted by Gasteiger charge is 2.30. The molecule has 2 aromatic heterocycles. The summed E-state index contributed by atoms with van der Waals surface area (Å²) in [6.45, 7) is 6.84. The van der Waals surface area contributed by atoms with Crippen molar-refractivity contribution in [2.45, 2.75) is 33.8 Å². The number of anilines is 1. The minimum atomic E-state index is -1.24. The van der Waals surface area contributed by atoms with Crippen molar-refractivity contribution in [1.82, 2.24) is 10.1 Å². The number of aromatic amines is 1. The van der Waals surface area contributed by atoms with Gasteiger partial charge in [0.15, 0.2) is 5.82 Å². The molecular weight excluding hydrogens is 402 g/mol. The molecule has 0 saturated heterocycles. The predicted octanol–water partition coefficient (Wildman–Crippen LogP) is 3.64. The highest BCUT2D eigenvalue weighted by Crippen LogP contribution is 2.25. The summed E-state index contributed by atoms with van der Waals surface area (Å²) in [4.78, 5) is 40.9. The normalized spacial score (nSPS) is 11.6. The lowest BCUT2D eigenvalue weighted by Gasteiger charge is -2.17. The molecule has 0 aliphatic carbocycles. The maximum Gasteiger partial charge on any atom is 0.355 e. The zero-order chi connectivity index (χ0) is 22.5. The number of carbonyl (C=O) groups excluding carboxylic acids is 3. The van der Waals surface area contributed by atoms with Crippen LogP contribution in [0.2, 0.25) is 0 Å². The fraction of sp³-hybridized carbons (Fsp3) is 0.273. The summed E-state index contributed by atoms with van der Waals surface area (Å²) in [5, 5.41) is 6.32. The van der Waals surface area contributed by atoms with E-state index in [0.717, 1.165) is 0 Å². The molecule has 0 radical (unpaired) electrons. The van der Waals surface area contributed by atoms with Gasteiger partial charge in [-0.3, -0.25) is 4.79 Å². The third kappa shape index (κ3) is 4.82. The number of nitrogens with zero attached hydrogens (tertiary/aromatic N) is 1. The highest BCUT2D eigenvalue weighted by atomic mass is 16.5. The highest BCUT2D eigenvalue weighted by molar-refractivity contribution is 6.01. The van der Waals surface area contributed by atoms with Crippen LogP contribution in [0.1, 0.15) is 56.5 Å². The Morgan fingerprint density at radius 3 is 2.45 bits per heavy atom. The van der Waals surface area contributed by atoms with Crippen molar-refractivity contribution in [1.29, 1.82) is 0 Å². The fourth-order valence-electron chi connectivity index (χ4n) is 3.15. The Morgan fingerprint density at radius 2 is 1.84 bits per heavy atom. The van der Waals surface area contributed by atoms with Crippen molar-refractivity contribution < 1.29 is 28.4 Å². The summed E-state index contributed by atoms with van der Waals surface area (Å²) in [5.74, 6) is -1.18. The van der Waals surface area contributed by atoms with Gasteiger partial charge in [-0.2, -0.15) is 0 Å². The minimum Gasteiger partial charge on any atom is -0.461 e. The van der Waals surface area contributed by atoms with Crippen LogP contribution in [0.5, 0.6) is 0 Å². The SMILES string of the molecule is CCOC(=O)c1[nH]c(C)c(C(=O)O[C@@H](C(=O)Nc2cc(C)on2)c2ccccc2)c1C. The standard InChI is InChI=1S/C22H23N3O6/c1-5-29-22(28)18-13(3)17(14(4)23-18)21(27)30-19(15-9-7-6-8-10-15)20(26)24-16-11-12(2)31-25-16/h6-11,19,23H,5H2,1-4H3,(H,24,25,26)/t19-/m1/s1. The number of carbonyl (C=O) groups is 3. The van der Waals surface area contributed by atoms with Gasteiger partial charge in [0, 0.05) is 17.3 Å². The van der Waals surface area contributed by atoms with Gasteiger partial charge in [-0.15, -0.1) is 0 Å². The molecule has 1 atom stereocenters. The number of aryl methyl sites for hydroxylation is 2. The number of benzene rings is 1. The molecule has 0 bridgehead atoms. The van der Waals surface area contributed by atoms with Crippen LogP contribution >= 0.6 is 0 Å². The smallest absolute Gasteiger partial charge is 0.355 e. The van der Waals surface area contributed by atoms with Gasteiger partial charge >= 0.3 is 11.9 Å². The second kappa shape index (κ2) is 9.29. The molecule has 9 heteroatoms. The third-order valence-corrected chi connectivity index (χ3v) is 4.57. The molecule has 3 aromatic rings. The van der Waals surface area contributed by atoms with Crippen molar-refractivity contribution in [2.75, 3.05) is 11.9 Å². The van der Waals surface area contributed by atoms with E-state index in [0.29, 0.717) is 22.6 Å². The maximum absolute atomic E-state index is 13.0. The van der Waals surface area contributed by atoms with Gasteiger partial charge in [-0.1, -0.05) is 35.5 Å². The van der Waals surface area contributed by atoms with Crippen molar-refractivity contribution >= 4 is 23.7 Å². The number of H-pyrrole nitrogens is 1. The van der Waals surface area contributed by atoms with Crippen LogP contribution in [-0.4, -0.2) is 34.6 Å². The molecule has 0 aliphatic rings. The molecule has 1 aromatic carbocycles. The van der Waals surface area contributed by atoms with Crippen LogP contribution in [0.15, 0.2) is 40.9 Å². The molecule has 0 saturated carbocycles. The number of ether oxygens (including phenoxy) is 2. The number of amides is 1. The lowest BCUT2D eigenvalue weighted by atomic mass is 10.1. The average molecular weight is 425 g/mol. The zero-order valence-corrected chi connectivity index (χ0v) is 17.6. The van der Waals surface area contributed by atoms with Crippen LogP contribution in [0, 0.1) is 20.8 Å². The molecule has 2 N–H and O–H groups in total. The second-order valence-electron chi connectivity index (χ2n) is 6.85. The molecule has 162 valence electrons. The van der Waals surface area contributed by atoms with Gasteiger partial charge in [0.25, 0.3) is 5.91 Å². The molecule has 9 nitrogen and oxygen atoms in total. The maximum atomic E-state index is 13.0. The van der Waals surface area contributed by atoms with Gasteiger partial charge in [0.05, 0.1) is 12.2 Å². The van der Waals surface area contributed by atoms with Crippen LogP contribution in [-0.2, 0) is 14.3 Å². The summed E-state index contributed by atoms with van der Waals surface area (Å²) in [5.41, 5.74) is 1.65. The molecule has 0 aliphatic heterocycles. The van der Waals surface area contributed by atoms with Crippen LogP contribution in [0.3, 0.4) is 0 Å². The summed E-state index contributed by atoms with van der Waals surface area (Å²) in [6.07, 6.45) is -1.24. The van der Waals surface area contributed by atoms with E-state index in [1.807, 2.05) is 0 Å². The summed E-state index contributed by atoms with van der Waals surface area (Å²) >= 11 is 0. The van der Waals surface area contributed by atoms with Gasteiger partial charge in [0.2, 0.25) is 6.10 Å². The molecule has 0 spiro atoms. The predicted molar refractivity (Wildman–Crippen MR) is 111 cm³/mol. The third-order valence-electron chi connectivity index (χ3n) is 4.57. The number of hydrogen-bond acceptors (Lipinski definition) is 7. The number of rotatable bonds is 7. The first-order valence-electron chi connectivity index (χ1n) is 9.68. The Labute approximate surface area is 178 Å². The fourth-order valence-corrected chi connectivity index (χ4v) is 3.15. The summed E-state index contributed by atoms with van der Waals surface area (Å²) in [6, 6.07) is 10.1. The average Bonchev–Trinajstić information content (AvgIpc) is 3.28. The van der Waals surface area contributed by atoms with Crippen molar-refractivity contribution in [3.05, 3.63) is 70.2 Å². The van der Waals surface area contributed by atoms with E-state index >= 15 is 0 Å². The molecule has 0 unspecified atom stereocenters. The van der Waals surface area contributed by atoms with Crippen LogP contribution in [0.25, 0.3) is 0 Å². The van der Waals surface area contributed by atoms with E-state index in [-0.39, 0.29) is 23.7 Å². The van der Waals surface area contributed by atoms with E-state index in [1.165, 1.54) is 0 Å². The van der Waals surface area contributed by atoms with E-state index in [4.69, 9.17) is 14.0 Å². The molecule has 3 rings (SSSR count). The Balaban J connectivity index is 1.89. The quantitative estimate of drug-likeness (QED) is 0.554. The first-order valence-corrected chi connectivity index (χ1v) is 9.68. The van der Waals surface area contributed by atoms with Crippen molar-refractivity contribution in [3.8, 4) is 0 Å². The second-order valence-corrected chi connectivity index (χ2v) is 6.85. The molecule has 2 heterocycles. The largest absolute Gasteiger partial charge is 0.461 e. The Bertz CT molecular complexity index is 1100. The van der Waals surface area contributed by atoms with Gasteiger partial charge in [-0.05, 0) is 33.3 Å².